The molecule has 0 saturated heterocycles. The van der Waals surface area contributed by atoms with Crippen molar-refractivity contribution in [1.29, 1.82) is 0 Å². The van der Waals surface area contributed by atoms with E-state index in [0.29, 0.717) is 11.7 Å². The number of allylic oxidation sites excluding steroid dienone is 2. The van der Waals surface area contributed by atoms with E-state index in [4.69, 9.17) is 0 Å². The van der Waals surface area contributed by atoms with Gasteiger partial charge in [-0.2, -0.15) is 0 Å². The molecule has 3 unspecified atom stereocenters. The van der Waals surface area contributed by atoms with Gasteiger partial charge in [-0.3, -0.25) is 0 Å². The van der Waals surface area contributed by atoms with Crippen molar-refractivity contribution in [1.82, 2.24) is 0 Å². The Kier molecular flexibility index (Phi) is 3.26. The maximum absolute atomic E-state index is 10.7. The second-order valence-electron chi connectivity index (χ2n) is 7.39. The molecule has 3 nitrogen and oxygen atoms in total. The van der Waals surface area contributed by atoms with Crippen molar-refractivity contribution in [3.8, 4) is 11.5 Å². The molecule has 0 spiro atoms. The third-order valence-electron chi connectivity index (χ3n) is 5.97. The summed E-state index contributed by atoms with van der Waals surface area (Å²) in [4.78, 5) is 0. The van der Waals surface area contributed by atoms with E-state index in [9.17, 15) is 10.2 Å². The van der Waals surface area contributed by atoms with Crippen LogP contribution in [0.15, 0.2) is 60.7 Å². The number of benzene rings is 3. The van der Waals surface area contributed by atoms with Gasteiger partial charge in [-0.05, 0) is 53.3 Å². The lowest BCUT2D eigenvalue weighted by Gasteiger charge is -2.39. The zero-order valence-corrected chi connectivity index (χ0v) is 14.6. The van der Waals surface area contributed by atoms with Gasteiger partial charge in [-0.15, -0.1) is 0 Å². The lowest BCUT2D eigenvalue weighted by molar-refractivity contribution is 0.398. The molecule has 3 aromatic rings. The summed E-state index contributed by atoms with van der Waals surface area (Å²) in [7, 11) is 0. The first-order valence-corrected chi connectivity index (χ1v) is 9.11. The number of aromatic hydroxyl groups is 2. The van der Waals surface area contributed by atoms with E-state index in [2.05, 4.69) is 36.5 Å². The fourth-order valence-electron chi connectivity index (χ4n) is 4.78. The van der Waals surface area contributed by atoms with Crippen LogP contribution in [0.5, 0.6) is 11.5 Å². The lowest BCUT2D eigenvalue weighted by Crippen LogP contribution is -2.30. The molecule has 0 bridgehead atoms. The van der Waals surface area contributed by atoms with Gasteiger partial charge in [0.1, 0.15) is 11.5 Å². The summed E-state index contributed by atoms with van der Waals surface area (Å²) in [6.45, 7) is 2.10. The Bertz CT molecular complexity index is 1050. The zero-order valence-electron chi connectivity index (χ0n) is 14.6. The summed E-state index contributed by atoms with van der Waals surface area (Å²) in [5, 5.41) is 27.0. The Hall–Kier alpha value is -2.94. The topological polar surface area (TPSA) is 52.5 Å². The molecule has 1 aliphatic heterocycles. The number of phenolic OH excluding ortho intramolecular Hbond substituents is 2. The molecule has 5 rings (SSSR count). The molecular formula is C23H21NO2. The molecule has 130 valence electrons. The predicted molar refractivity (Wildman–Crippen MR) is 105 cm³/mol. The average molecular weight is 343 g/mol. The maximum atomic E-state index is 10.7. The van der Waals surface area contributed by atoms with E-state index >= 15 is 0 Å². The third-order valence-corrected chi connectivity index (χ3v) is 5.97. The first-order chi connectivity index (χ1) is 12.6. The van der Waals surface area contributed by atoms with Gasteiger partial charge in [0.2, 0.25) is 0 Å². The second-order valence-corrected chi connectivity index (χ2v) is 7.39. The molecule has 1 heterocycles. The van der Waals surface area contributed by atoms with Gasteiger partial charge < -0.3 is 15.5 Å². The highest BCUT2D eigenvalue weighted by atomic mass is 16.3. The largest absolute Gasteiger partial charge is 0.508 e. The molecule has 26 heavy (non-hydrogen) atoms. The number of anilines is 1. The van der Waals surface area contributed by atoms with Crippen molar-refractivity contribution in [3.05, 3.63) is 77.4 Å². The van der Waals surface area contributed by atoms with Gasteiger partial charge in [-0.25, -0.2) is 0 Å². The standard InChI is InChI=1S/C23H21NO2/c1-13-9-11-19(26)23-20(13)16-7-4-8-17(16)22(24-23)21-15-6-3-2-5-14(15)10-12-18(21)25/h2-7,9-12,16-17,22,24-26H,8H2,1H3. The number of hydrogen-bond donors (Lipinski definition) is 3. The van der Waals surface area contributed by atoms with E-state index in [-0.39, 0.29) is 17.7 Å². The predicted octanol–water partition coefficient (Wildman–Crippen LogP) is 5.39. The number of nitrogens with one attached hydrogen (secondary N) is 1. The van der Waals surface area contributed by atoms with Crippen LogP contribution < -0.4 is 5.32 Å². The van der Waals surface area contributed by atoms with Crippen molar-refractivity contribution in [2.75, 3.05) is 5.32 Å². The van der Waals surface area contributed by atoms with Crippen molar-refractivity contribution < 1.29 is 10.2 Å². The summed E-state index contributed by atoms with van der Waals surface area (Å²) in [5.41, 5.74) is 4.09. The van der Waals surface area contributed by atoms with Crippen LogP contribution in [0.3, 0.4) is 0 Å². The molecule has 2 aliphatic rings. The third kappa shape index (κ3) is 2.07. The van der Waals surface area contributed by atoms with Crippen molar-refractivity contribution in [2.45, 2.75) is 25.3 Å². The molecule has 0 saturated carbocycles. The quantitative estimate of drug-likeness (QED) is 0.410. The van der Waals surface area contributed by atoms with Crippen LogP contribution in [0.25, 0.3) is 10.8 Å². The smallest absolute Gasteiger partial charge is 0.139 e. The summed E-state index contributed by atoms with van der Waals surface area (Å²) >= 11 is 0. The van der Waals surface area contributed by atoms with Crippen molar-refractivity contribution >= 4 is 16.5 Å². The zero-order chi connectivity index (χ0) is 17.8. The van der Waals surface area contributed by atoms with Crippen LogP contribution >= 0.6 is 0 Å². The first kappa shape index (κ1) is 15.3. The van der Waals surface area contributed by atoms with E-state index in [0.717, 1.165) is 28.4 Å². The highest BCUT2D eigenvalue weighted by Crippen LogP contribution is 2.54. The Morgan fingerprint density at radius 1 is 0.923 bits per heavy atom. The molecule has 3 atom stereocenters. The molecule has 0 radical (unpaired) electrons. The lowest BCUT2D eigenvalue weighted by atomic mass is 9.74. The number of fused-ring (bicyclic) bond motifs is 4. The van der Waals surface area contributed by atoms with Gasteiger partial charge in [-0.1, -0.05) is 48.6 Å². The molecular weight excluding hydrogens is 322 g/mol. The second kappa shape index (κ2) is 5.53. The normalized spacial score (nSPS) is 23.5. The maximum Gasteiger partial charge on any atom is 0.139 e. The molecule has 3 heteroatoms. The van der Waals surface area contributed by atoms with Gasteiger partial charge in [0.05, 0.1) is 11.7 Å². The Labute approximate surface area is 152 Å². The van der Waals surface area contributed by atoms with Crippen LogP contribution in [0, 0.1) is 12.8 Å². The van der Waals surface area contributed by atoms with Gasteiger partial charge in [0.15, 0.2) is 0 Å². The minimum Gasteiger partial charge on any atom is -0.508 e. The van der Waals surface area contributed by atoms with Crippen molar-refractivity contribution in [2.24, 2.45) is 5.92 Å². The summed E-state index contributed by atoms with van der Waals surface area (Å²) < 4.78 is 0. The molecule has 0 amide bonds. The van der Waals surface area contributed by atoms with E-state index in [1.165, 1.54) is 11.1 Å². The number of hydrogen-bond acceptors (Lipinski definition) is 3. The number of phenols is 2. The van der Waals surface area contributed by atoms with Crippen LogP contribution in [-0.4, -0.2) is 10.2 Å². The van der Waals surface area contributed by atoms with Crippen LogP contribution in [0.1, 0.15) is 35.1 Å². The SMILES string of the molecule is Cc1ccc(O)c2c1C1C=CCC1C(c1c(O)ccc3ccccc13)N2. The first-order valence-electron chi connectivity index (χ1n) is 9.11. The van der Waals surface area contributed by atoms with Gasteiger partial charge >= 0.3 is 0 Å². The monoisotopic (exact) mass is 343 g/mol. The summed E-state index contributed by atoms with van der Waals surface area (Å²) in [6, 6.07) is 15.6. The van der Waals surface area contributed by atoms with Crippen LogP contribution in [-0.2, 0) is 0 Å². The van der Waals surface area contributed by atoms with Crippen LogP contribution in [0.2, 0.25) is 0 Å². The Balaban J connectivity index is 1.75. The molecule has 3 aromatic carbocycles. The highest BCUT2D eigenvalue weighted by molar-refractivity contribution is 5.89. The summed E-state index contributed by atoms with van der Waals surface area (Å²) in [5.74, 6) is 1.15. The molecule has 0 fully saturated rings. The van der Waals surface area contributed by atoms with E-state index < -0.39 is 0 Å². The fraction of sp³-hybridized carbons (Fsp3) is 0.217. The Morgan fingerprint density at radius 2 is 1.73 bits per heavy atom. The average Bonchev–Trinajstić information content (AvgIpc) is 3.14. The van der Waals surface area contributed by atoms with Crippen LogP contribution in [0.4, 0.5) is 5.69 Å². The molecule has 0 aromatic heterocycles. The van der Waals surface area contributed by atoms with E-state index in [1.807, 2.05) is 24.3 Å². The van der Waals surface area contributed by atoms with Crippen molar-refractivity contribution in [3.63, 3.8) is 0 Å². The van der Waals surface area contributed by atoms with Gasteiger partial charge in [0.25, 0.3) is 0 Å². The number of rotatable bonds is 1. The molecule has 1 aliphatic carbocycles. The van der Waals surface area contributed by atoms with E-state index in [1.54, 1.807) is 12.1 Å². The summed E-state index contributed by atoms with van der Waals surface area (Å²) in [6.07, 6.45) is 5.44. The highest BCUT2D eigenvalue weighted by Gasteiger charge is 2.41. The van der Waals surface area contributed by atoms with Gasteiger partial charge in [0, 0.05) is 11.5 Å². The molecule has 3 N–H and O–H groups in total. The fourth-order valence-corrected chi connectivity index (χ4v) is 4.78. The Morgan fingerprint density at radius 3 is 2.62 bits per heavy atom. The minimum absolute atomic E-state index is 0.0544. The number of aryl methyl sites for hydroxylation is 1. The minimum atomic E-state index is -0.0544.